The van der Waals surface area contributed by atoms with Crippen LogP contribution in [0.3, 0.4) is 0 Å². The van der Waals surface area contributed by atoms with Crippen LogP contribution in [0.2, 0.25) is 0 Å². The zero-order chi connectivity index (χ0) is 16.9. The van der Waals surface area contributed by atoms with E-state index in [-0.39, 0.29) is 11.9 Å². The molecule has 1 aliphatic rings. The molecular formula is C19H23N3O2. The van der Waals surface area contributed by atoms with Crippen LogP contribution in [0.25, 0.3) is 0 Å². The van der Waals surface area contributed by atoms with Gasteiger partial charge in [0.25, 0.3) is 0 Å². The summed E-state index contributed by atoms with van der Waals surface area (Å²) in [6.45, 7) is 1.95. The molecule has 3 N–H and O–H groups in total. The molecule has 1 aliphatic carbocycles. The third kappa shape index (κ3) is 4.11. The number of hydrogen-bond donors (Lipinski definition) is 2. The summed E-state index contributed by atoms with van der Waals surface area (Å²) in [4.78, 5) is 16.2. The monoisotopic (exact) mass is 325 g/mol. The molecule has 2 aromatic rings. The predicted octanol–water partition coefficient (Wildman–Crippen LogP) is 3.64. The Morgan fingerprint density at radius 2 is 2.25 bits per heavy atom. The predicted molar refractivity (Wildman–Crippen MR) is 94.1 cm³/mol. The fraction of sp³-hybridized carbons (Fsp3) is 0.368. The number of nitrogens with two attached hydrogens (primary N) is 1. The van der Waals surface area contributed by atoms with Gasteiger partial charge < -0.3 is 15.8 Å². The van der Waals surface area contributed by atoms with E-state index in [1.165, 1.54) is 0 Å². The van der Waals surface area contributed by atoms with Crippen molar-refractivity contribution in [3.63, 3.8) is 0 Å². The number of rotatable bonds is 5. The number of aromatic nitrogens is 1. The first-order valence-electron chi connectivity index (χ1n) is 8.36. The zero-order valence-electron chi connectivity index (χ0n) is 13.9. The van der Waals surface area contributed by atoms with Gasteiger partial charge in [0.2, 0.25) is 5.91 Å². The van der Waals surface area contributed by atoms with Gasteiger partial charge in [-0.1, -0.05) is 6.42 Å². The summed E-state index contributed by atoms with van der Waals surface area (Å²) in [7, 11) is 0. The molecule has 1 aromatic carbocycles. The first kappa shape index (κ1) is 16.5. The van der Waals surface area contributed by atoms with Gasteiger partial charge in [-0.25, -0.2) is 0 Å². The smallest absolute Gasteiger partial charge is 0.224 e. The Labute approximate surface area is 142 Å². The SMILES string of the molecule is Cc1cc(NC(=O)C[C@@H]2CCC[C@H]2N)ccc1Oc1cccnc1. The molecule has 0 unspecified atom stereocenters. The van der Waals surface area contributed by atoms with Crippen molar-refractivity contribution in [3.05, 3.63) is 48.3 Å². The zero-order valence-corrected chi connectivity index (χ0v) is 13.9. The summed E-state index contributed by atoms with van der Waals surface area (Å²) >= 11 is 0. The average Bonchev–Trinajstić information content (AvgIpc) is 2.96. The van der Waals surface area contributed by atoms with Crippen LogP contribution >= 0.6 is 0 Å². The number of pyridine rings is 1. The molecule has 1 amide bonds. The number of carbonyl (C=O) groups is 1. The third-order valence-electron chi connectivity index (χ3n) is 4.49. The molecule has 0 saturated heterocycles. The maximum Gasteiger partial charge on any atom is 0.224 e. The minimum absolute atomic E-state index is 0.0256. The Kier molecular flexibility index (Phi) is 5.11. The second-order valence-electron chi connectivity index (χ2n) is 6.38. The van der Waals surface area contributed by atoms with Crippen molar-refractivity contribution in [3.8, 4) is 11.5 Å². The van der Waals surface area contributed by atoms with Gasteiger partial charge in [-0.15, -0.1) is 0 Å². The van der Waals surface area contributed by atoms with Crippen LogP contribution in [-0.4, -0.2) is 16.9 Å². The number of aryl methyl sites for hydroxylation is 1. The van der Waals surface area contributed by atoms with Crippen molar-refractivity contribution >= 4 is 11.6 Å². The van der Waals surface area contributed by atoms with E-state index >= 15 is 0 Å². The van der Waals surface area contributed by atoms with Crippen molar-refractivity contribution in [2.45, 2.75) is 38.6 Å². The van der Waals surface area contributed by atoms with Crippen molar-refractivity contribution in [1.29, 1.82) is 0 Å². The van der Waals surface area contributed by atoms with Gasteiger partial charge in [0.15, 0.2) is 0 Å². The Bertz CT molecular complexity index is 703. The molecule has 1 aromatic heterocycles. The normalized spacial score (nSPS) is 19.9. The Morgan fingerprint density at radius 3 is 2.92 bits per heavy atom. The fourth-order valence-electron chi connectivity index (χ4n) is 3.15. The topological polar surface area (TPSA) is 77.2 Å². The van der Waals surface area contributed by atoms with Crippen LogP contribution in [0, 0.1) is 12.8 Å². The standard InChI is InChI=1S/C19H23N3O2/c1-13-10-15(22-19(23)11-14-4-2-6-17(14)20)7-8-18(13)24-16-5-3-9-21-12-16/h3,5,7-10,12,14,17H,2,4,6,11,20H2,1H3,(H,22,23)/t14-,17+/m0/s1. The first-order chi connectivity index (χ1) is 11.6. The molecule has 0 spiro atoms. The summed E-state index contributed by atoms with van der Waals surface area (Å²) in [6, 6.07) is 9.47. The minimum Gasteiger partial charge on any atom is -0.455 e. The third-order valence-corrected chi connectivity index (χ3v) is 4.49. The van der Waals surface area contributed by atoms with Gasteiger partial charge in [0, 0.05) is 24.3 Å². The van der Waals surface area contributed by atoms with Crippen LogP contribution in [0.1, 0.15) is 31.2 Å². The van der Waals surface area contributed by atoms with Gasteiger partial charge in [-0.2, -0.15) is 0 Å². The highest BCUT2D eigenvalue weighted by Crippen LogP contribution is 2.29. The van der Waals surface area contributed by atoms with E-state index in [1.807, 2.05) is 37.3 Å². The molecule has 126 valence electrons. The van der Waals surface area contributed by atoms with E-state index in [9.17, 15) is 4.79 Å². The number of benzene rings is 1. The lowest BCUT2D eigenvalue weighted by Crippen LogP contribution is -2.28. The van der Waals surface area contributed by atoms with E-state index < -0.39 is 0 Å². The summed E-state index contributed by atoms with van der Waals surface area (Å²) < 4.78 is 5.80. The lowest BCUT2D eigenvalue weighted by Gasteiger charge is -2.15. The maximum absolute atomic E-state index is 12.2. The second kappa shape index (κ2) is 7.45. The van der Waals surface area contributed by atoms with E-state index in [0.29, 0.717) is 18.1 Å². The first-order valence-corrected chi connectivity index (χ1v) is 8.36. The van der Waals surface area contributed by atoms with Crippen molar-refractivity contribution in [2.24, 2.45) is 11.7 Å². The molecule has 0 radical (unpaired) electrons. The van der Waals surface area contributed by atoms with Gasteiger partial charge in [0.05, 0.1) is 6.20 Å². The largest absolute Gasteiger partial charge is 0.455 e. The van der Waals surface area contributed by atoms with Gasteiger partial charge in [-0.3, -0.25) is 9.78 Å². The lowest BCUT2D eigenvalue weighted by molar-refractivity contribution is -0.117. The van der Waals surface area contributed by atoms with Crippen LogP contribution < -0.4 is 15.8 Å². The highest BCUT2D eigenvalue weighted by atomic mass is 16.5. The van der Waals surface area contributed by atoms with Gasteiger partial charge in [0.1, 0.15) is 11.5 Å². The molecule has 3 rings (SSSR count). The summed E-state index contributed by atoms with van der Waals surface area (Å²) in [5.41, 5.74) is 7.77. The molecule has 0 aliphatic heterocycles. The van der Waals surface area contributed by atoms with E-state index in [2.05, 4.69) is 10.3 Å². The number of nitrogens with one attached hydrogen (secondary N) is 1. The van der Waals surface area contributed by atoms with Crippen molar-refractivity contribution < 1.29 is 9.53 Å². The van der Waals surface area contributed by atoms with Crippen LogP contribution in [0.4, 0.5) is 5.69 Å². The number of amides is 1. The summed E-state index contributed by atoms with van der Waals surface area (Å²) in [6.07, 6.45) is 7.06. The van der Waals surface area contributed by atoms with E-state index in [1.54, 1.807) is 12.4 Å². The van der Waals surface area contributed by atoms with Crippen LogP contribution in [0.15, 0.2) is 42.7 Å². The fourth-order valence-corrected chi connectivity index (χ4v) is 3.15. The number of anilines is 1. The second-order valence-corrected chi connectivity index (χ2v) is 6.38. The molecule has 24 heavy (non-hydrogen) atoms. The molecule has 5 heteroatoms. The highest BCUT2D eigenvalue weighted by molar-refractivity contribution is 5.91. The maximum atomic E-state index is 12.2. The van der Waals surface area contributed by atoms with E-state index in [4.69, 9.17) is 10.5 Å². The van der Waals surface area contributed by atoms with E-state index in [0.717, 1.165) is 36.3 Å². The molecule has 5 nitrogen and oxygen atoms in total. The highest BCUT2D eigenvalue weighted by Gasteiger charge is 2.26. The quantitative estimate of drug-likeness (QED) is 0.880. The van der Waals surface area contributed by atoms with Gasteiger partial charge in [-0.05, 0) is 61.6 Å². The van der Waals surface area contributed by atoms with Crippen LogP contribution in [0.5, 0.6) is 11.5 Å². The molecular weight excluding hydrogens is 302 g/mol. The Morgan fingerprint density at radius 1 is 1.38 bits per heavy atom. The molecule has 1 saturated carbocycles. The van der Waals surface area contributed by atoms with Crippen LogP contribution in [-0.2, 0) is 4.79 Å². The van der Waals surface area contributed by atoms with Crippen molar-refractivity contribution in [2.75, 3.05) is 5.32 Å². The minimum atomic E-state index is 0.0256. The molecule has 2 atom stereocenters. The summed E-state index contributed by atoms with van der Waals surface area (Å²) in [5, 5.41) is 2.96. The average molecular weight is 325 g/mol. The Hall–Kier alpha value is -2.40. The van der Waals surface area contributed by atoms with Crippen molar-refractivity contribution in [1.82, 2.24) is 4.98 Å². The molecule has 0 bridgehead atoms. The lowest BCUT2D eigenvalue weighted by atomic mass is 10.00. The summed E-state index contributed by atoms with van der Waals surface area (Å²) in [5.74, 6) is 1.77. The van der Waals surface area contributed by atoms with Gasteiger partial charge >= 0.3 is 0 Å². The Balaban J connectivity index is 1.61. The number of nitrogens with zero attached hydrogens (tertiary/aromatic N) is 1. The molecule has 1 fully saturated rings. The molecule has 1 heterocycles. The number of carbonyl (C=O) groups excluding carboxylic acids is 1. The number of hydrogen-bond acceptors (Lipinski definition) is 4. The number of ether oxygens (including phenoxy) is 1.